The Morgan fingerprint density at radius 1 is 1.17 bits per heavy atom. The van der Waals surface area contributed by atoms with E-state index in [4.69, 9.17) is 9.47 Å². The Labute approximate surface area is 106 Å². The van der Waals surface area contributed by atoms with E-state index in [1.165, 1.54) is 0 Å². The molecule has 2 aliphatic heterocycles. The van der Waals surface area contributed by atoms with Gasteiger partial charge in [-0.2, -0.15) is 0 Å². The molecule has 2 heterocycles. The minimum Gasteiger partial charge on any atom is -0.497 e. The highest BCUT2D eigenvalue weighted by Gasteiger charge is 2.21. The van der Waals surface area contributed by atoms with Crippen molar-refractivity contribution >= 4 is 11.5 Å². The first kappa shape index (κ1) is 10.9. The van der Waals surface area contributed by atoms with Crippen LogP contribution in [-0.2, 0) is 6.54 Å². The van der Waals surface area contributed by atoms with Gasteiger partial charge in [-0.1, -0.05) is 6.08 Å². The molecule has 0 amide bonds. The van der Waals surface area contributed by atoms with Gasteiger partial charge in [0.05, 0.1) is 20.8 Å². The predicted molar refractivity (Wildman–Crippen MR) is 70.5 cm³/mol. The van der Waals surface area contributed by atoms with Crippen molar-refractivity contribution < 1.29 is 9.47 Å². The van der Waals surface area contributed by atoms with Crippen molar-refractivity contribution in [2.75, 3.05) is 14.2 Å². The molecule has 1 aromatic rings. The van der Waals surface area contributed by atoms with Gasteiger partial charge in [0.15, 0.2) is 0 Å². The molecular weight excluding hydrogens is 228 g/mol. The maximum Gasteiger partial charge on any atom is 0.148 e. The van der Waals surface area contributed by atoms with Crippen molar-refractivity contribution in [3.05, 3.63) is 42.1 Å². The van der Waals surface area contributed by atoms with Crippen LogP contribution in [-0.4, -0.2) is 25.0 Å². The van der Waals surface area contributed by atoms with Gasteiger partial charge in [0, 0.05) is 17.8 Å². The fraction of sp³-hybridized carbons (Fsp3) is 0.214. The largest absolute Gasteiger partial charge is 0.497 e. The van der Waals surface area contributed by atoms with E-state index in [0.717, 1.165) is 35.1 Å². The second-order valence-corrected chi connectivity index (χ2v) is 4.14. The van der Waals surface area contributed by atoms with Crippen LogP contribution in [0.1, 0.15) is 5.56 Å². The third-order valence-corrected chi connectivity index (χ3v) is 3.07. The molecule has 92 valence electrons. The fourth-order valence-corrected chi connectivity index (χ4v) is 2.16. The molecule has 4 heteroatoms. The van der Waals surface area contributed by atoms with E-state index < -0.39 is 0 Å². The molecule has 0 unspecified atom stereocenters. The van der Waals surface area contributed by atoms with Gasteiger partial charge >= 0.3 is 0 Å². The van der Waals surface area contributed by atoms with Crippen LogP contribution in [0.2, 0.25) is 0 Å². The molecule has 0 saturated carbocycles. The van der Waals surface area contributed by atoms with Crippen LogP contribution in [0.3, 0.4) is 0 Å². The van der Waals surface area contributed by atoms with Crippen molar-refractivity contribution in [1.82, 2.24) is 4.90 Å². The van der Waals surface area contributed by atoms with Crippen LogP contribution in [0.4, 0.5) is 5.69 Å². The minimum absolute atomic E-state index is 0.749. The Balaban J connectivity index is 2.14. The Bertz CT molecular complexity index is 573. The Hall–Kier alpha value is -2.23. The molecule has 18 heavy (non-hydrogen) atoms. The van der Waals surface area contributed by atoms with Crippen LogP contribution >= 0.6 is 0 Å². The molecule has 0 radical (unpaired) electrons. The molecule has 0 fully saturated rings. The number of allylic oxidation sites excluding steroid dienone is 2. The first-order chi connectivity index (χ1) is 8.81. The normalized spacial score (nSPS) is 15.9. The monoisotopic (exact) mass is 242 g/mol. The van der Waals surface area contributed by atoms with Gasteiger partial charge in [-0.3, -0.25) is 0 Å². The second kappa shape index (κ2) is 4.22. The zero-order valence-corrected chi connectivity index (χ0v) is 10.4. The summed E-state index contributed by atoms with van der Waals surface area (Å²) in [5.74, 6) is 2.48. The summed E-state index contributed by atoms with van der Waals surface area (Å²) in [4.78, 5) is 6.74. The first-order valence-electron chi connectivity index (χ1n) is 5.77. The number of nitrogens with zero attached hydrogens (tertiary/aromatic N) is 2. The lowest BCUT2D eigenvalue weighted by Crippen LogP contribution is -2.27. The molecule has 0 N–H and O–H groups in total. The van der Waals surface area contributed by atoms with Crippen molar-refractivity contribution in [3.63, 3.8) is 0 Å². The van der Waals surface area contributed by atoms with Gasteiger partial charge in [0.2, 0.25) is 0 Å². The highest BCUT2D eigenvalue weighted by Crippen LogP contribution is 2.39. The van der Waals surface area contributed by atoms with E-state index in [-0.39, 0.29) is 0 Å². The van der Waals surface area contributed by atoms with Crippen molar-refractivity contribution in [2.45, 2.75) is 6.54 Å². The maximum atomic E-state index is 5.39. The van der Waals surface area contributed by atoms with E-state index in [0.29, 0.717) is 0 Å². The number of fused-ring (bicyclic) bond motifs is 2. The lowest BCUT2D eigenvalue weighted by Gasteiger charge is -2.28. The maximum absolute atomic E-state index is 5.39. The lowest BCUT2D eigenvalue weighted by atomic mass is 10.1. The highest BCUT2D eigenvalue weighted by molar-refractivity contribution is 5.98. The number of rotatable bonds is 2. The van der Waals surface area contributed by atoms with Gasteiger partial charge in [-0.05, 0) is 18.2 Å². The molecule has 0 atom stereocenters. The van der Waals surface area contributed by atoms with Gasteiger partial charge in [0.1, 0.15) is 23.0 Å². The molecule has 2 aliphatic rings. The molecule has 1 aromatic carbocycles. The van der Waals surface area contributed by atoms with Crippen molar-refractivity contribution in [3.8, 4) is 11.5 Å². The van der Waals surface area contributed by atoms with Gasteiger partial charge in [0.25, 0.3) is 0 Å². The van der Waals surface area contributed by atoms with Crippen LogP contribution in [0.15, 0.2) is 41.6 Å². The Morgan fingerprint density at radius 3 is 2.83 bits per heavy atom. The van der Waals surface area contributed by atoms with Crippen molar-refractivity contribution in [1.29, 1.82) is 0 Å². The zero-order valence-electron chi connectivity index (χ0n) is 10.4. The smallest absolute Gasteiger partial charge is 0.148 e. The van der Waals surface area contributed by atoms with Gasteiger partial charge in [-0.15, -0.1) is 0 Å². The summed E-state index contributed by atoms with van der Waals surface area (Å²) in [6.45, 7) is 0.780. The van der Waals surface area contributed by atoms with Crippen LogP contribution in [0, 0.1) is 0 Å². The number of hydrogen-bond acceptors (Lipinski definition) is 4. The molecule has 3 rings (SSSR count). The summed E-state index contributed by atoms with van der Waals surface area (Å²) in [7, 11) is 3.31. The number of methoxy groups -OCH3 is 2. The Morgan fingerprint density at radius 2 is 2.06 bits per heavy atom. The molecule has 0 bridgehead atoms. The third-order valence-electron chi connectivity index (χ3n) is 3.07. The summed E-state index contributed by atoms with van der Waals surface area (Å²) in [6, 6.07) is 3.87. The number of aliphatic imine (C=N–C) groups is 1. The van der Waals surface area contributed by atoms with Crippen LogP contribution in [0.25, 0.3) is 0 Å². The predicted octanol–water partition coefficient (Wildman–Crippen LogP) is 2.63. The van der Waals surface area contributed by atoms with E-state index in [2.05, 4.69) is 9.89 Å². The van der Waals surface area contributed by atoms with Crippen molar-refractivity contribution in [2.24, 2.45) is 4.99 Å². The summed E-state index contributed by atoms with van der Waals surface area (Å²) < 4.78 is 10.7. The summed E-state index contributed by atoms with van der Waals surface area (Å²) in [6.07, 6.45) is 8.00. The molecule has 0 aliphatic carbocycles. The lowest BCUT2D eigenvalue weighted by molar-refractivity contribution is 0.392. The average molecular weight is 242 g/mol. The molecule has 0 saturated heterocycles. The molecular formula is C14H14N2O2. The highest BCUT2D eigenvalue weighted by atomic mass is 16.5. The van der Waals surface area contributed by atoms with Crippen LogP contribution < -0.4 is 9.47 Å². The fourth-order valence-electron chi connectivity index (χ4n) is 2.16. The number of hydrogen-bond donors (Lipinski definition) is 0. The summed E-state index contributed by atoms with van der Waals surface area (Å²) in [5, 5.41) is 0. The second-order valence-electron chi connectivity index (χ2n) is 4.14. The number of ether oxygens (including phenoxy) is 2. The quantitative estimate of drug-likeness (QED) is 0.799. The van der Waals surface area contributed by atoms with E-state index >= 15 is 0 Å². The summed E-state index contributed by atoms with van der Waals surface area (Å²) >= 11 is 0. The third kappa shape index (κ3) is 1.66. The van der Waals surface area contributed by atoms with E-state index in [1.54, 1.807) is 14.2 Å². The Kier molecular flexibility index (Phi) is 2.55. The van der Waals surface area contributed by atoms with Gasteiger partial charge in [-0.25, -0.2) is 4.99 Å². The summed E-state index contributed by atoms with van der Waals surface area (Å²) in [5.41, 5.74) is 2.00. The minimum atomic E-state index is 0.749. The number of benzene rings is 1. The average Bonchev–Trinajstić information content (AvgIpc) is 2.43. The van der Waals surface area contributed by atoms with Crippen LogP contribution in [0.5, 0.6) is 11.5 Å². The first-order valence-corrected chi connectivity index (χ1v) is 5.77. The van der Waals surface area contributed by atoms with E-state index in [9.17, 15) is 0 Å². The SMILES string of the molecule is COc1cc2c(c(OC)c1)N=C1C=CC=CN1C2. The topological polar surface area (TPSA) is 34.1 Å². The van der Waals surface area contributed by atoms with Gasteiger partial charge < -0.3 is 14.4 Å². The molecule has 4 nitrogen and oxygen atoms in total. The molecule has 0 aromatic heterocycles. The standard InChI is InChI=1S/C14H14N2O2/c1-17-11-7-10-9-16-6-4-3-5-13(16)15-14(10)12(8-11)18-2/h3-8H,9H2,1-2H3. The zero-order chi connectivity index (χ0) is 12.5. The molecule has 0 spiro atoms. The number of amidine groups is 1. The van der Waals surface area contributed by atoms with E-state index in [1.807, 2.05) is 36.6 Å².